The first-order valence-corrected chi connectivity index (χ1v) is 4.62. The lowest BCUT2D eigenvalue weighted by Crippen LogP contribution is -2.08. The third kappa shape index (κ3) is 3.66. The van der Waals surface area contributed by atoms with Gasteiger partial charge < -0.3 is 0 Å². The van der Waals surface area contributed by atoms with E-state index in [-0.39, 0.29) is 0 Å². The normalized spacial score (nSPS) is 15.5. The van der Waals surface area contributed by atoms with Crippen LogP contribution in [0.2, 0.25) is 0 Å². The van der Waals surface area contributed by atoms with E-state index in [4.69, 9.17) is 0 Å². The van der Waals surface area contributed by atoms with Crippen LogP contribution in [0.4, 0.5) is 0 Å². The molecule has 2 atom stereocenters. The van der Waals surface area contributed by atoms with Gasteiger partial charge in [0, 0.05) is 5.25 Å². The Hall–Kier alpha value is -0.170. The van der Waals surface area contributed by atoms with E-state index in [1.54, 1.807) is 0 Å². The molecule has 0 aliphatic rings. The van der Waals surface area contributed by atoms with Gasteiger partial charge in [0.2, 0.25) is 0 Å². The van der Waals surface area contributed by atoms with E-state index in [0.29, 0.717) is 11.2 Å². The molecule has 0 heterocycles. The van der Waals surface area contributed by atoms with E-state index < -0.39 is 0 Å². The van der Waals surface area contributed by atoms with Crippen molar-refractivity contribution in [2.24, 2.45) is 5.92 Å². The predicted octanol–water partition coefficient (Wildman–Crippen LogP) is 3.46. The molecule has 0 aromatic rings. The van der Waals surface area contributed by atoms with Crippen LogP contribution in [0.15, 0.2) is 24.8 Å². The van der Waals surface area contributed by atoms with Gasteiger partial charge in [-0.15, -0.1) is 6.58 Å². The van der Waals surface area contributed by atoms with E-state index in [1.165, 1.54) is 5.57 Å². The Balaban J connectivity index is 3.90. The predicted molar refractivity (Wildman–Crippen MR) is 56.2 cm³/mol. The molecule has 0 aromatic carbocycles. The maximum atomic E-state index is 4.43. The second-order valence-corrected chi connectivity index (χ2v) is 3.55. The van der Waals surface area contributed by atoms with E-state index in [0.717, 1.165) is 12.8 Å². The Labute approximate surface area is 75.8 Å². The molecule has 0 aliphatic heterocycles. The van der Waals surface area contributed by atoms with Crippen molar-refractivity contribution in [2.45, 2.75) is 31.9 Å². The fourth-order valence-electron chi connectivity index (χ4n) is 0.900. The molecule has 64 valence electrons. The molecule has 0 N–H and O–H groups in total. The van der Waals surface area contributed by atoms with Gasteiger partial charge in [0.25, 0.3) is 0 Å². The number of hydrogen-bond acceptors (Lipinski definition) is 1. The standard InChI is InChI=1S/C10H18S/c1-5-7-10(11)9(4)8(3)6-2/h5,8,10-11H,1,4,6-7H2,2-3H3. The van der Waals surface area contributed by atoms with Crippen LogP contribution >= 0.6 is 12.6 Å². The van der Waals surface area contributed by atoms with Crippen LogP contribution in [0.3, 0.4) is 0 Å². The molecule has 0 aliphatic carbocycles. The summed E-state index contributed by atoms with van der Waals surface area (Å²) in [5, 5.41) is 0.294. The summed E-state index contributed by atoms with van der Waals surface area (Å²) in [5.41, 5.74) is 1.23. The average molecular weight is 170 g/mol. The van der Waals surface area contributed by atoms with Crippen LogP contribution in [0.1, 0.15) is 26.7 Å². The maximum Gasteiger partial charge on any atom is 0.0260 e. The lowest BCUT2D eigenvalue weighted by atomic mass is 9.96. The molecule has 0 saturated heterocycles. The summed E-state index contributed by atoms with van der Waals surface area (Å²) in [6.07, 6.45) is 3.96. The Kier molecular flexibility index (Phi) is 5.39. The monoisotopic (exact) mass is 170 g/mol. The van der Waals surface area contributed by atoms with Crippen molar-refractivity contribution >= 4 is 12.6 Å². The minimum Gasteiger partial charge on any atom is -0.171 e. The smallest absolute Gasteiger partial charge is 0.0260 e. The van der Waals surface area contributed by atoms with E-state index in [2.05, 4.69) is 39.6 Å². The minimum atomic E-state index is 0.294. The first-order chi connectivity index (χ1) is 5.13. The fraction of sp³-hybridized carbons (Fsp3) is 0.600. The summed E-state index contributed by atoms with van der Waals surface area (Å²) in [6.45, 7) is 12.1. The molecule has 11 heavy (non-hydrogen) atoms. The Bertz CT molecular complexity index is 138. The van der Waals surface area contributed by atoms with Crippen molar-refractivity contribution in [1.29, 1.82) is 0 Å². The highest BCUT2D eigenvalue weighted by atomic mass is 32.1. The highest BCUT2D eigenvalue weighted by molar-refractivity contribution is 7.81. The molecule has 0 saturated carbocycles. The lowest BCUT2D eigenvalue weighted by Gasteiger charge is -2.17. The number of rotatable bonds is 5. The first-order valence-electron chi connectivity index (χ1n) is 4.11. The average Bonchev–Trinajstić information content (AvgIpc) is 2.02. The molecular weight excluding hydrogens is 152 g/mol. The van der Waals surface area contributed by atoms with Crippen LogP contribution in [-0.4, -0.2) is 5.25 Å². The Morgan fingerprint density at radius 2 is 2.18 bits per heavy atom. The van der Waals surface area contributed by atoms with Gasteiger partial charge in [0.1, 0.15) is 0 Å². The second kappa shape index (κ2) is 5.48. The van der Waals surface area contributed by atoms with Crippen LogP contribution in [0.25, 0.3) is 0 Å². The molecule has 0 radical (unpaired) electrons. The van der Waals surface area contributed by atoms with Crippen LogP contribution in [-0.2, 0) is 0 Å². The second-order valence-electron chi connectivity index (χ2n) is 2.92. The van der Waals surface area contributed by atoms with Gasteiger partial charge in [0.15, 0.2) is 0 Å². The largest absolute Gasteiger partial charge is 0.171 e. The molecule has 0 aromatic heterocycles. The lowest BCUT2D eigenvalue weighted by molar-refractivity contribution is 0.633. The molecule has 0 rings (SSSR count). The summed E-state index contributed by atoms with van der Waals surface area (Å²) in [6, 6.07) is 0. The fourth-order valence-corrected chi connectivity index (χ4v) is 1.30. The van der Waals surface area contributed by atoms with Crippen molar-refractivity contribution in [3.63, 3.8) is 0 Å². The van der Waals surface area contributed by atoms with Crippen molar-refractivity contribution in [1.82, 2.24) is 0 Å². The molecule has 1 heteroatoms. The maximum absolute atomic E-state index is 4.43. The summed E-state index contributed by atoms with van der Waals surface area (Å²) >= 11 is 4.43. The summed E-state index contributed by atoms with van der Waals surface area (Å²) < 4.78 is 0. The van der Waals surface area contributed by atoms with Gasteiger partial charge >= 0.3 is 0 Å². The summed E-state index contributed by atoms with van der Waals surface area (Å²) in [4.78, 5) is 0. The van der Waals surface area contributed by atoms with Crippen molar-refractivity contribution in [3.05, 3.63) is 24.8 Å². The van der Waals surface area contributed by atoms with Crippen LogP contribution in [0.5, 0.6) is 0 Å². The summed E-state index contributed by atoms with van der Waals surface area (Å²) in [7, 11) is 0. The van der Waals surface area contributed by atoms with E-state index in [1.807, 2.05) is 6.08 Å². The van der Waals surface area contributed by atoms with Gasteiger partial charge in [-0.3, -0.25) is 0 Å². The number of allylic oxidation sites excluding steroid dienone is 1. The number of thiol groups is 1. The zero-order valence-corrected chi connectivity index (χ0v) is 8.40. The first kappa shape index (κ1) is 10.8. The topological polar surface area (TPSA) is 0 Å². The van der Waals surface area contributed by atoms with Crippen molar-refractivity contribution in [3.8, 4) is 0 Å². The van der Waals surface area contributed by atoms with E-state index in [9.17, 15) is 0 Å². The minimum absolute atomic E-state index is 0.294. The van der Waals surface area contributed by atoms with Gasteiger partial charge in [-0.25, -0.2) is 0 Å². The molecular formula is C10H18S. The molecule has 0 bridgehead atoms. The molecule has 0 nitrogen and oxygen atoms in total. The zero-order chi connectivity index (χ0) is 8.85. The van der Waals surface area contributed by atoms with Gasteiger partial charge in [-0.2, -0.15) is 12.6 Å². The number of hydrogen-bond donors (Lipinski definition) is 1. The van der Waals surface area contributed by atoms with Gasteiger partial charge in [-0.05, 0) is 18.8 Å². The van der Waals surface area contributed by atoms with Crippen molar-refractivity contribution < 1.29 is 0 Å². The SMILES string of the molecule is C=CCC(S)C(=C)C(C)CC. The van der Waals surface area contributed by atoms with Gasteiger partial charge in [-0.1, -0.05) is 32.1 Å². The molecule has 2 unspecified atom stereocenters. The Morgan fingerprint density at radius 1 is 1.64 bits per heavy atom. The van der Waals surface area contributed by atoms with Gasteiger partial charge in [0.05, 0.1) is 0 Å². The van der Waals surface area contributed by atoms with Crippen LogP contribution < -0.4 is 0 Å². The summed E-state index contributed by atoms with van der Waals surface area (Å²) in [5.74, 6) is 0.581. The zero-order valence-electron chi connectivity index (χ0n) is 7.51. The highest BCUT2D eigenvalue weighted by Crippen LogP contribution is 2.22. The third-order valence-electron chi connectivity index (χ3n) is 2.06. The highest BCUT2D eigenvalue weighted by Gasteiger charge is 2.10. The molecule has 0 amide bonds. The quantitative estimate of drug-likeness (QED) is 0.474. The van der Waals surface area contributed by atoms with E-state index >= 15 is 0 Å². The Morgan fingerprint density at radius 3 is 2.55 bits per heavy atom. The molecule has 0 spiro atoms. The van der Waals surface area contributed by atoms with Crippen molar-refractivity contribution in [2.75, 3.05) is 0 Å². The molecule has 0 fully saturated rings. The third-order valence-corrected chi connectivity index (χ3v) is 2.61. The van der Waals surface area contributed by atoms with Crippen LogP contribution in [0, 0.1) is 5.92 Å².